The largest absolute Gasteiger partial charge is 0.311 e. The maximum Gasteiger partial charge on any atom is 0.252 e. The number of aromatic nitrogens is 6. The molecule has 0 unspecified atom stereocenters. The van der Waals surface area contributed by atoms with E-state index in [0.717, 1.165) is 106 Å². The van der Waals surface area contributed by atoms with Crippen LogP contribution in [0.1, 0.15) is 0 Å². The number of rotatable bonds is 10. The van der Waals surface area contributed by atoms with Gasteiger partial charge in [0.1, 0.15) is 0 Å². The van der Waals surface area contributed by atoms with Crippen LogP contribution in [0.15, 0.2) is 309 Å². The first-order chi connectivity index (χ1) is 43.6. The van der Waals surface area contributed by atoms with E-state index in [1.165, 1.54) is 27.8 Å². The third-order valence-corrected chi connectivity index (χ3v) is 17.2. The zero-order chi connectivity index (χ0) is 58.1. The summed E-state index contributed by atoms with van der Waals surface area (Å²) >= 11 is 0. The maximum atomic E-state index is 5.65. The molecule has 9 heteroatoms. The first kappa shape index (κ1) is 50.7. The van der Waals surface area contributed by atoms with Crippen LogP contribution in [-0.4, -0.2) is 36.2 Å². The predicted octanol–water partition coefficient (Wildman–Crippen LogP) is 17.5. The van der Waals surface area contributed by atoms with Gasteiger partial charge in [0.2, 0.25) is 0 Å². The van der Waals surface area contributed by atoms with Gasteiger partial charge in [-0.1, -0.05) is 218 Å². The Hall–Kier alpha value is -11.8. The Balaban J connectivity index is 0.829. The second-order valence-corrected chi connectivity index (χ2v) is 22.4. The van der Waals surface area contributed by atoms with E-state index in [-0.39, 0.29) is 6.71 Å². The highest BCUT2D eigenvalue weighted by atomic mass is 15.2. The monoisotopic (exact) mass is 1120 g/mol. The van der Waals surface area contributed by atoms with Gasteiger partial charge in [-0.25, -0.2) is 24.9 Å². The van der Waals surface area contributed by atoms with Gasteiger partial charge in [-0.05, 0) is 119 Å². The smallest absolute Gasteiger partial charge is 0.252 e. The first-order valence-electron chi connectivity index (χ1n) is 29.8. The summed E-state index contributed by atoms with van der Waals surface area (Å²) in [5.41, 5.74) is 22.9. The van der Waals surface area contributed by atoms with Gasteiger partial charge < -0.3 is 14.4 Å². The molecule has 0 saturated heterocycles. The molecule has 0 atom stereocenters. The molecular weight excluding hydrogens is 1070 g/mol. The van der Waals surface area contributed by atoms with Crippen LogP contribution < -0.4 is 26.2 Å². The second kappa shape index (κ2) is 21.1. The molecule has 15 aromatic rings. The van der Waals surface area contributed by atoms with Crippen molar-refractivity contribution >= 4 is 79.0 Å². The predicted molar refractivity (Wildman–Crippen MR) is 362 cm³/mol. The molecule has 0 fully saturated rings. The van der Waals surface area contributed by atoms with E-state index in [1.54, 1.807) is 0 Å². The fourth-order valence-corrected chi connectivity index (χ4v) is 13.3. The van der Waals surface area contributed by atoms with Crippen LogP contribution >= 0.6 is 0 Å². The minimum Gasteiger partial charge on any atom is -0.311 e. The van der Waals surface area contributed by atoms with Gasteiger partial charge in [0.15, 0.2) is 23.3 Å². The Morgan fingerprint density at radius 2 is 0.670 bits per heavy atom. The lowest BCUT2D eigenvalue weighted by molar-refractivity contribution is 1.07. The molecule has 0 amide bonds. The van der Waals surface area contributed by atoms with E-state index in [2.05, 4.69) is 257 Å². The average Bonchev–Trinajstić information content (AvgIpc) is 0.841. The van der Waals surface area contributed by atoms with Crippen molar-refractivity contribution in [2.45, 2.75) is 0 Å². The molecule has 0 aliphatic carbocycles. The lowest BCUT2D eigenvalue weighted by Gasteiger charge is -2.44. The number of anilines is 6. The van der Waals surface area contributed by atoms with Crippen molar-refractivity contribution in [2.75, 3.05) is 9.80 Å². The van der Waals surface area contributed by atoms with Crippen molar-refractivity contribution < 1.29 is 0 Å². The summed E-state index contributed by atoms with van der Waals surface area (Å²) in [4.78, 5) is 31.5. The molecule has 2 aliphatic rings. The van der Waals surface area contributed by atoms with Crippen LogP contribution in [0.4, 0.5) is 34.1 Å². The molecule has 0 saturated carbocycles. The molecule has 0 N–H and O–H groups in total. The topological polar surface area (TPSA) is 75.9 Å². The number of fused-ring (bicyclic) bond motifs is 7. The van der Waals surface area contributed by atoms with Gasteiger partial charge >= 0.3 is 0 Å². The molecule has 17 rings (SSSR count). The van der Waals surface area contributed by atoms with Crippen molar-refractivity contribution in [3.8, 4) is 84.9 Å². The van der Waals surface area contributed by atoms with E-state index in [0.29, 0.717) is 23.3 Å². The van der Waals surface area contributed by atoms with Gasteiger partial charge in [0.05, 0.1) is 28.1 Å². The molecule has 2 aliphatic heterocycles. The van der Waals surface area contributed by atoms with E-state index in [9.17, 15) is 0 Å². The minimum absolute atomic E-state index is 0.0516. The summed E-state index contributed by atoms with van der Waals surface area (Å²) in [7, 11) is 0. The standard InChI is InChI=1S/C79H51BN8/c1-5-24-52(25-6-1)66-51-67(63-50-58(46-47-70(63)88-68-40-17-13-36-61(68)62-37-14-18-41-69(62)88)79-84-76(53-26-7-2-8-27-53)83-77(85-79)54-28-9-3-10-29-54)82-78(81-66)57-32-21-30-55(48-57)56-31-22-35-60(49-56)87-72-43-20-16-39-65(72)80-64-38-15-19-42-71(64)86(59-33-11-4-12-34-59)73-44-23-45-74(87)75(73)80/h1-51H. The molecule has 8 nitrogen and oxygen atoms in total. The summed E-state index contributed by atoms with van der Waals surface area (Å²) in [5, 5.41) is 2.33. The molecular formula is C79H51BN8. The number of hydrogen-bond donors (Lipinski definition) is 0. The van der Waals surface area contributed by atoms with Gasteiger partial charge in [-0.15, -0.1) is 0 Å². The highest BCUT2D eigenvalue weighted by molar-refractivity contribution is 7.00. The zero-order valence-electron chi connectivity index (χ0n) is 47.6. The Morgan fingerprint density at radius 3 is 1.30 bits per heavy atom. The molecule has 12 aromatic carbocycles. The Labute approximate surface area is 509 Å². The summed E-state index contributed by atoms with van der Waals surface area (Å²) in [6, 6.07) is 110. The Kier molecular flexibility index (Phi) is 12.1. The van der Waals surface area contributed by atoms with Crippen LogP contribution in [0.3, 0.4) is 0 Å². The van der Waals surface area contributed by atoms with Gasteiger partial charge in [0.25, 0.3) is 6.71 Å². The van der Waals surface area contributed by atoms with Crippen molar-refractivity contribution in [3.05, 3.63) is 309 Å². The third-order valence-electron chi connectivity index (χ3n) is 17.2. The van der Waals surface area contributed by atoms with E-state index in [4.69, 9.17) is 24.9 Å². The van der Waals surface area contributed by atoms with E-state index < -0.39 is 0 Å². The summed E-state index contributed by atoms with van der Waals surface area (Å²) in [6.07, 6.45) is 0. The third kappa shape index (κ3) is 8.58. The van der Waals surface area contributed by atoms with Crippen molar-refractivity contribution in [1.82, 2.24) is 29.5 Å². The Bertz CT molecular complexity index is 5080. The van der Waals surface area contributed by atoms with Gasteiger partial charge in [-0.2, -0.15) is 0 Å². The number of nitrogens with zero attached hydrogens (tertiary/aromatic N) is 8. The van der Waals surface area contributed by atoms with Crippen LogP contribution in [0, 0.1) is 0 Å². The van der Waals surface area contributed by atoms with Gasteiger partial charge in [0, 0.05) is 78.3 Å². The van der Waals surface area contributed by atoms with Crippen molar-refractivity contribution in [2.24, 2.45) is 0 Å². The SMILES string of the molecule is c1ccc(-c2cc(-c3cc(-c4nc(-c5ccccc5)nc(-c5ccccc5)n4)ccc3-n3c4ccccc4c4ccccc43)nc(-c3cccc(-c4cccc(N5c6ccccc6B6c7ccccc7N(c7ccccc7)c7cccc5c76)c4)c3)n2)cc1. The van der Waals surface area contributed by atoms with Gasteiger partial charge in [-0.3, -0.25) is 0 Å². The average molecular weight is 1120 g/mol. The lowest BCUT2D eigenvalue weighted by Crippen LogP contribution is -2.61. The van der Waals surface area contributed by atoms with Crippen LogP contribution in [0.25, 0.3) is 107 Å². The van der Waals surface area contributed by atoms with Crippen LogP contribution in [0.5, 0.6) is 0 Å². The number of hydrogen-bond acceptors (Lipinski definition) is 7. The summed E-state index contributed by atoms with van der Waals surface area (Å²) in [5.74, 6) is 2.33. The molecule has 0 radical (unpaired) electrons. The van der Waals surface area contributed by atoms with E-state index in [1.807, 2.05) is 66.7 Å². The fourth-order valence-electron chi connectivity index (χ4n) is 13.3. The van der Waals surface area contributed by atoms with Crippen LogP contribution in [-0.2, 0) is 0 Å². The normalized spacial score (nSPS) is 12.2. The minimum atomic E-state index is 0.0516. The number of benzene rings is 12. The molecule has 410 valence electrons. The molecule has 5 heterocycles. The van der Waals surface area contributed by atoms with Crippen molar-refractivity contribution in [3.63, 3.8) is 0 Å². The highest BCUT2D eigenvalue weighted by Crippen LogP contribution is 2.45. The quantitative estimate of drug-likeness (QED) is 0.126. The highest BCUT2D eigenvalue weighted by Gasteiger charge is 2.43. The van der Waals surface area contributed by atoms with Crippen LogP contribution in [0.2, 0.25) is 0 Å². The Morgan fingerprint density at radius 1 is 0.250 bits per heavy atom. The van der Waals surface area contributed by atoms with E-state index >= 15 is 0 Å². The molecule has 0 bridgehead atoms. The number of para-hydroxylation sites is 5. The van der Waals surface area contributed by atoms with Crippen molar-refractivity contribution in [1.29, 1.82) is 0 Å². The first-order valence-corrected chi connectivity index (χ1v) is 29.8. The molecule has 0 spiro atoms. The molecule has 3 aromatic heterocycles. The summed E-state index contributed by atoms with van der Waals surface area (Å²) < 4.78 is 2.36. The molecule has 88 heavy (non-hydrogen) atoms. The summed E-state index contributed by atoms with van der Waals surface area (Å²) in [6.45, 7) is 0.0516. The lowest BCUT2D eigenvalue weighted by atomic mass is 9.33. The fraction of sp³-hybridized carbons (Fsp3) is 0. The zero-order valence-corrected chi connectivity index (χ0v) is 47.6. The maximum absolute atomic E-state index is 5.65. The second-order valence-electron chi connectivity index (χ2n) is 22.4.